The smallest absolute Gasteiger partial charge is 0.412 e. The van der Waals surface area contributed by atoms with Crippen molar-refractivity contribution in [2.45, 2.75) is 20.1 Å². The minimum absolute atomic E-state index is 0.262. The van der Waals surface area contributed by atoms with Crippen molar-refractivity contribution in [3.63, 3.8) is 0 Å². The van der Waals surface area contributed by atoms with Crippen LogP contribution in [0.2, 0.25) is 0 Å². The van der Waals surface area contributed by atoms with Gasteiger partial charge in [-0.15, -0.1) is 0 Å². The molecule has 0 saturated carbocycles. The molecule has 76 valence electrons. The van der Waals surface area contributed by atoms with E-state index in [1.54, 1.807) is 13.8 Å². The topological polar surface area (TPSA) is 49.8 Å². The molecule has 1 unspecified atom stereocenters. The van der Waals surface area contributed by atoms with E-state index in [2.05, 4.69) is 28.4 Å². The van der Waals surface area contributed by atoms with Gasteiger partial charge in [0.05, 0.1) is 6.61 Å². The molecule has 0 saturated heterocycles. The normalized spacial score (nSPS) is 10.0. The standard InChI is InChI=1S/C10H13NO3/c1-4-6-7-8-9(12)11(3)10(13)14-5-2/h9,12H,5H2,1-3H3. The number of ether oxygens (including phenoxy) is 1. The van der Waals surface area contributed by atoms with Crippen LogP contribution in [0.4, 0.5) is 4.79 Å². The summed E-state index contributed by atoms with van der Waals surface area (Å²) in [5, 5.41) is 9.33. The fraction of sp³-hybridized carbons (Fsp3) is 0.500. The maximum atomic E-state index is 11.1. The first kappa shape index (κ1) is 12.3. The lowest BCUT2D eigenvalue weighted by atomic mass is 10.5. The summed E-state index contributed by atoms with van der Waals surface area (Å²) in [6, 6.07) is 0. The van der Waals surface area contributed by atoms with E-state index in [4.69, 9.17) is 0 Å². The summed E-state index contributed by atoms with van der Waals surface area (Å²) in [4.78, 5) is 12.1. The maximum absolute atomic E-state index is 11.1. The molecule has 0 rings (SSSR count). The van der Waals surface area contributed by atoms with Gasteiger partial charge in [0.15, 0.2) is 6.23 Å². The first-order valence-electron chi connectivity index (χ1n) is 4.13. The zero-order chi connectivity index (χ0) is 11.0. The molecule has 0 aromatic rings. The molecule has 4 heteroatoms. The molecule has 0 aromatic heterocycles. The highest BCUT2D eigenvalue weighted by atomic mass is 16.6. The lowest BCUT2D eigenvalue weighted by Gasteiger charge is -2.17. The fourth-order valence-corrected chi connectivity index (χ4v) is 0.585. The number of hydrogen-bond acceptors (Lipinski definition) is 3. The van der Waals surface area contributed by atoms with Crippen LogP contribution in [0.5, 0.6) is 0 Å². The summed E-state index contributed by atoms with van der Waals surface area (Å²) >= 11 is 0. The van der Waals surface area contributed by atoms with Crippen LogP contribution in [-0.2, 0) is 4.74 Å². The highest BCUT2D eigenvalue weighted by Gasteiger charge is 2.15. The molecule has 0 bridgehead atoms. The Morgan fingerprint density at radius 2 is 2.21 bits per heavy atom. The number of amides is 1. The summed E-state index contributed by atoms with van der Waals surface area (Å²) in [6.07, 6.45) is -1.80. The molecule has 1 N–H and O–H groups in total. The molecular formula is C10H13NO3. The molecule has 0 aliphatic heterocycles. The Labute approximate surface area is 83.9 Å². The Bertz CT molecular complexity index is 303. The van der Waals surface area contributed by atoms with Gasteiger partial charge < -0.3 is 9.84 Å². The molecule has 1 amide bonds. The van der Waals surface area contributed by atoms with Crippen LogP contribution in [0.1, 0.15) is 13.8 Å². The van der Waals surface area contributed by atoms with Crippen molar-refractivity contribution in [2.24, 2.45) is 0 Å². The van der Waals surface area contributed by atoms with Crippen molar-refractivity contribution in [1.82, 2.24) is 4.90 Å². The quantitative estimate of drug-likeness (QED) is 0.513. The molecule has 0 heterocycles. The number of rotatable bonds is 2. The predicted octanol–water partition coefficient (Wildman–Crippen LogP) is 0.420. The second-order valence-electron chi connectivity index (χ2n) is 2.33. The Balaban J connectivity index is 4.24. The van der Waals surface area contributed by atoms with Crippen LogP contribution >= 0.6 is 0 Å². The molecule has 0 aliphatic carbocycles. The Morgan fingerprint density at radius 1 is 1.57 bits per heavy atom. The lowest BCUT2D eigenvalue weighted by molar-refractivity contribution is 0.0474. The van der Waals surface area contributed by atoms with Gasteiger partial charge in [-0.1, -0.05) is 5.92 Å². The molecule has 0 aromatic carbocycles. The van der Waals surface area contributed by atoms with E-state index < -0.39 is 12.3 Å². The first-order valence-corrected chi connectivity index (χ1v) is 4.13. The van der Waals surface area contributed by atoms with Gasteiger partial charge in [-0.2, -0.15) is 0 Å². The summed E-state index contributed by atoms with van der Waals surface area (Å²) in [6.45, 7) is 3.58. The molecule has 4 nitrogen and oxygen atoms in total. The zero-order valence-electron chi connectivity index (χ0n) is 8.50. The van der Waals surface area contributed by atoms with Crippen LogP contribution < -0.4 is 0 Å². The highest BCUT2D eigenvalue weighted by Crippen LogP contribution is 1.94. The summed E-state index contributed by atoms with van der Waals surface area (Å²) in [5.74, 6) is 9.78. The van der Waals surface area contributed by atoms with E-state index in [-0.39, 0.29) is 6.61 Å². The van der Waals surface area contributed by atoms with E-state index >= 15 is 0 Å². The third kappa shape index (κ3) is 4.39. The van der Waals surface area contributed by atoms with Crippen molar-refractivity contribution in [3.05, 3.63) is 0 Å². The minimum Gasteiger partial charge on any atom is -0.450 e. The third-order valence-electron chi connectivity index (χ3n) is 1.31. The highest BCUT2D eigenvalue weighted by molar-refractivity contribution is 5.67. The predicted molar refractivity (Wildman–Crippen MR) is 52.0 cm³/mol. The van der Waals surface area contributed by atoms with Crippen molar-refractivity contribution in [3.8, 4) is 23.7 Å². The largest absolute Gasteiger partial charge is 0.450 e. The molecule has 0 aliphatic rings. The Hall–Kier alpha value is -1.65. The first-order chi connectivity index (χ1) is 6.63. The fourth-order valence-electron chi connectivity index (χ4n) is 0.585. The number of aliphatic hydroxyl groups is 1. The maximum Gasteiger partial charge on any atom is 0.412 e. The van der Waals surface area contributed by atoms with Gasteiger partial charge in [0.25, 0.3) is 0 Å². The van der Waals surface area contributed by atoms with Gasteiger partial charge in [-0.3, -0.25) is 4.90 Å². The van der Waals surface area contributed by atoms with Gasteiger partial charge in [0, 0.05) is 7.05 Å². The van der Waals surface area contributed by atoms with Crippen LogP contribution in [0, 0.1) is 23.7 Å². The van der Waals surface area contributed by atoms with Gasteiger partial charge in [-0.05, 0) is 31.6 Å². The molecule has 0 radical (unpaired) electrons. The van der Waals surface area contributed by atoms with Gasteiger partial charge in [0.1, 0.15) is 0 Å². The van der Waals surface area contributed by atoms with E-state index in [0.29, 0.717) is 0 Å². The minimum atomic E-state index is -1.19. The van der Waals surface area contributed by atoms with E-state index in [1.165, 1.54) is 7.05 Å². The number of carbonyl (C=O) groups excluding carboxylic acids is 1. The molecule has 14 heavy (non-hydrogen) atoms. The van der Waals surface area contributed by atoms with E-state index in [0.717, 1.165) is 4.90 Å². The molecule has 0 spiro atoms. The summed E-state index contributed by atoms with van der Waals surface area (Å²) in [5.41, 5.74) is 0. The van der Waals surface area contributed by atoms with Crippen molar-refractivity contribution < 1.29 is 14.6 Å². The number of hydrogen-bond donors (Lipinski definition) is 1. The zero-order valence-corrected chi connectivity index (χ0v) is 8.50. The third-order valence-corrected chi connectivity index (χ3v) is 1.31. The monoisotopic (exact) mass is 195 g/mol. The Kier molecular flexibility index (Phi) is 6.02. The van der Waals surface area contributed by atoms with Crippen LogP contribution in [0.15, 0.2) is 0 Å². The van der Waals surface area contributed by atoms with Crippen molar-refractivity contribution in [1.29, 1.82) is 0 Å². The van der Waals surface area contributed by atoms with Gasteiger partial charge >= 0.3 is 6.09 Å². The van der Waals surface area contributed by atoms with E-state index in [9.17, 15) is 9.90 Å². The van der Waals surface area contributed by atoms with Crippen LogP contribution in [-0.4, -0.2) is 36.0 Å². The Morgan fingerprint density at radius 3 is 2.71 bits per heavy atom. The summed E-state index contributed by atoms with van der Waals surface area (Å²) < 4.78 is 4.65. The molecular weight excluding hydrogens is 182 g/mol. The lowest BCUT2D eigenvalue weighted by Crippen LogP contribution is -2.36. The van der Waals surface area contributed by atoms with Crippen molar-refractivity contribution >= 4 is 6.09 Å². The number of nitrogens with zero attached hydrogens (tertiary/aromatic N) is 1. The SMILES string of the molecule is CC#CC#CC(O)N(C)C(=O)OCC. The second-order valence-corrected chi connectivity index (χ2v) is 2.33. The second kappa shape index (κ2) is 6.82. The molecule has 1 atom stereocenters. The number of carbonyl (C=O) groups is 1. The van der Waals surface area contributed by atoms with Gasteiger partial charge in [-0.25, -0.2) is 4.79 Å². The number of aliphatic hydroxyl groups excluding tert-OH is 1. The average molecular weight is 195 g/mol. The van der Waals surface area contributed by atoms with Crippen LogP contribution in [0.3, 0.4) is 0 Å². The molecule has 0 fully saturated rings. The summed E-state index contributed by atoms with van der Waals surface area (Å²) in [7, 11) is 1.40. The average Bonchev–Trinajstić information content (AvgIpc) is 2.17. The van der Waals surface area contributed by atoms with Crippen LogP contribution in [0.25, 0.3) is 0 Å². The van der Waals surface area contributed by atoms with E-state index in [1.807, 2.05) is 0 Å². The van der Waals surface area contributed by atoms with Crippen molar-refractivity contribution in [2.75, 3.05) is 13.7 Å². The van der Waals surface area contributed by atoms with Gasteiger partial charge in [0.2, 0.25) is 0 Å².